The molecule has 1 N–H and O–H groups in total. The third-order valence-electron chi connectivity index (χ3n) is 6.59. The number of hydrogen-bond acceptors (Lipinski definition) is 5. The van der Waals surface area contributed by atoms with Gasteiger partial charge in [-0.25, -0.2) is 8.42 Å². The molecule has 43 heavy (non-hydrogen) atoms. The summed E-state index contributed by atoms with van der Waals surface area (Å²) in [7, 11) is -2.79. The van der Waals surface area contributed by atoms with E-state index in [2.05, 4.69) is 21.2 Å². The van der Waals surface area contributed by atoms with E-state index in [9.17, 15) is 18.0 Å². The van der Waals surface area contributed by atoms with Crippen molar-refractivity contribution in [2.24, 2.45) is 0 Å². The lowest BCUT2D eigenvalue weighted by molar-refractivity contribution is -0.141. The average Bonchev–Trinajstić information content (AvgIpc) is 2.92. The fraction of sp³-hybridized carbons (Fsp3) is 0.355. The minimum atomic E-state index is -4.27. The lowest BCUT2D eigenvalue weighted by Crippen LogP contribution is -2.55. The largest absolute Gasteiger partial charge is 0.496 e. The van der Waals surface area contributed by atoms with Crippen molar-refractivity contribution in [1.29, 1.82) is 0 Å². The first kappa shape index (κ1) is 34.7. The Balaban J connectivity index is 2.13. The summed E-state index contributed by atoms with van der Waals surface area (Å²) in [6, 6.07) is 15.2. The summed E-state index contributed by atoms with van der Waals surface area (Å²) < 4.78 is 35.0. The smallest absolute Gasteiger partial charge is 0.264 e. The highest BCUT2D eigenvalue weighted by Gasteiger charge is 2.35. The van der Waals surface area contributed by atoms with Crippen LogP contribution in [0.4, 0.5) is 5.69 Å². The zero-order valence-electron chi connectivity index (χ0n) is 24.9. The van der Waals surface area contributed by atoms with Crippen LogP contribution in [0.15, 0.2) is 70.0 Å². The number of benzene rings is 3. The van der Waals surface area contributed by atoms with Crippen LogP contribution in [-0.2, 0) is 26.2 Å². The van der Waals surface area contributed by atoms with Crippen molar-refractivity contribution in [3.05, 3.63) is 86.3 Å². The zero-order chi connectivity index (χ0) is 32.1. The molecule has 0 aromatic heterocycles. The zero-order valence-corrected chi connectivity index (χ0v) is 28.9. The van der Waals surface area contributed by atoms with Gasteiger partial charge in [0.05, 0.1) is 22.2 Å². The lowest BCUT2D eigenvalue weighted by atomic mass is 10.1. The summed E-state index contributed by atoms with van der Waals surface area (Å²) in [5.41, 5.74) is 1.08. The molecule has 2 amide bonds. The first-order valence-corrected chi connectivity index (χ1v) is 16.5. The van der Waals surface area contributed by atoms with Gasteiger partial charge in [0.1, 0.15) is 18.3 Å². The van der Waals surface area contributed by atoms with E-state index in [1.807, 2.05) is 27.7 Å². The third kappa shape index (κ3) is 8.65. The van der Waals surface area contributed by atoms with Gasteiger partial charge < -0.3 is 15.0 Å². The first-order valence-electron chi connectivity index (χ1n) is 13.6. The number of nitrogens with one attached hydrogen (secondary N) is 1. The standard InChI is InChI=1S/C31H36BrCl2N3O5S/c1-7-27(30(39)35-31(3,4)5)36(18-23-25(33)9-8-10-26(23)34)29(38)19-37(21-13-11-20(2)12-14-21)43(40,41)22-15-16-28(42-6)24(32)17-22/h8-17,27H,7,18-19H2,1-6H3,(H,35,39). The molecule has 0 saturated heterocycles. The monoisotopic (exact) mass is 711 g/mol. The average molecular weight is 714 g/mol. The number of methoxy groups -OCH3 is 1. The van der Waals surface area contributed by atoms with Crippen LogP contribution in [-0.4, -0.2) is 50.4 Å². The molecule has 232 valence electrons. The molecule has 12 heteroatoms. The Hall–Kier alpha value is -2.79. The van der Waals surface area contributed by atoms with Gasteiger partial charge in [-0.2, -0.15) is 0 Å². The Morgan fingerprint density at radius 3 is 2.14 bits per heavy atom. The molecule has 0 radical (unpaired) electrons. The van der Waals surface area contributed by atoms with Crippen molar-refractivity contribution < 1.29 is 22.7 Å². The second-order valence-corrected chi connectivity index (χ2v) is 14.6. The van der Waals surface area contributed by atoms with Crippen LogP contribution in [0.1, 0.15) is 45.2 Å². The molecule has 0 aliphatic heterocycles. The fourth-order valence-corrected chi connectivity index (χ4v) is 7.05. The summed E-state index contributed by atoms with van der Waals surface area (Å²) in [6.07, 6.45) is 0.262. The number of halogens is 3. The highest BCUT2D eigenvalue weighted by molar-refractivity contribution is 9.10. The van der Waals surface area contributed by atoms with Crippen molar-refractivity contribution in [3.63, 3.8) is 0 Å². The topological polar surface area (TPSA) is 96.0 Å². The molecule has 0 spiro atoms. The second-order valence-electron chi connectivity index (χ2n) is 11.0. The van der Waals surface area contributed by atoms with E-state index in [1.165, 1.54) is 30.2 Å². The number of aryl methyl sites for hydroxylation is 1. The van der Waals surface area contributed by atoms with E-state index in [0.29, 0.717) is 25.8 Å². The van der Waals surface area contributed by atoms with Gasteiger partial charge in [0, 0.05) is 27.7 Å². The molecule has 8 nitrogen and oxygen atoms in total. The van der Waals surface area contributed by atoms with Gasteiger partial charge in [-0.15, -0.1) is 0 Å². The minimum absolute atomic E-state index is 0.0493. The van der Waals surface area contributed by atoms with E-state index in [4.69, 9.17) is 27.9 Å². The number of nitrogens with zero attached hydrogens (tertiary/aromatic N) is 2. The molecule has 1 unspecified atom stereocenters. The molecule has 0 saturated carbocycles. The molecular formula is C31H36BrCl2N3O5S. The van der Waals surface area contributed by atoms with E-state index in [1.54, 1.807) is 49.4 Å². The van der Waals surface area contributed by atoms with Crippen LogP contribution in [0.3, 0.4) is 0 Å². The van der Waals surface area contributed by atoms with Crippen LogP contribution in [0.2, 0.25) is 10.0 Å². The van der Waals surface area contributed by atoms with Gasteiger partial charge in [0.15, 0.2) is 0 Å². The van der Waals surface area contributed by atoms with Crippen molar-refractivity contribution >= 4 is 66.7 Å². The van der Waals surface area contributed by atoms with Gasteiger partial charge >= 0.3 is 0 Å². The Labute approximate surface area is 272 Å². The summed E-state index contributed by atoms with van der Waals surface area (Å²) in [5.74, 6) is -0.533. The molecular weight excluding hydrogens is 677 g/mol. The van der Waals surface area contributed by atoms with Crippen molar-refractivity contribution in [2.75, 3.05) is 18.0 Å². The van der Waals surface area contributed by atoms with Gasteiger partial charge in [-0.3, -0.25) is 13.9 Å². The number of ether oxygens (including phenoxy) is 1. The van der Waals surface area contributed by atoms with Crippen LogP contribution < -0.4 is 14.4 Å². The summed E-state index contributed by atoms with van der Waals surface area (Å²) in [4.78, 5) is 29.0. The van der Waals surface area contributed by atoms with Gasteiger partial charge in [0.25, 0.3) is 10.0 Å². The van der Waals surface area contributed by atoms with Crippen LogP contribution in [0, 0.1) is 6.92 Å². The van der Waals surface area contributed by atoms with E-state index < -0.39 is 34.1 Å². The SMILES string of the molecule is CCC(C(=O)NC(C)(C)C)N(Cc1c(Cl)cccc1Cl)C(=O)CN(c1ccc(C)cc1)S(=O)(=O)c1ccc(OC)c(Br)c1. The summed E-state index contributed by atoms with van der Waals surface area (Å²) in [6.45, 7) is 8.49. The Morgan fingerprint density at radius 1 is 1.02 bits per heavy atom. The number of carbonyl (C=O) groups is 2. The summed E-state index contributed by atoms with van der Waals surface area (Å²) in [5, 5.41) is 3.58. The molecule has 0 heterocycles. The van der Waals surface area contributed by atoms with Crippen LogP contribution in [0.25, 0.3) is 0 Å². The summed E-state index contributed by atoms with van der Waals surface area (Å²) >= 11 is 16.3. The number of sulfonamides is 1. The highest BCUT2D eigenvalue weighted by atomic mass is 79.9. The van der Waals surface area contributed by atoms with Crippen LogP contribution in [0.5, 0.6) is 5.75 Å². The maximum Gasteiger partial charge on any atom is 0.264 e. The molecule has 0 aliphatic rings. The first-order chi connectivity index (χ1) is 20.1. The van der Waals surface area contributed by atoms with Gasteiger partial charge in [-0.05, 0) is 92.5 Å². The second kappa shape index (κ2) is 14.3. The molecule has 0 aliphatic carbocycles. The quantitative estimate of drug-likeness (QED) is 0.231. The number of rotatable bonds is 11. The number of hydrogen-bond donors (Lipinski definition) is 1. The van der Waals surface area contributed by atoms with Gasteiger partial charge in [-0.1, -0.05) is 53.9 Å². The van der Waals surface area contributed by atoms with Crippen molar-refractivity contribution in [3.8, 4) is 5.75 Å². The normalized spacial score (nSPS) is 12.4. The molecule has 3 aromatic carbocycles. The van der Waals surface area contributed by atoms with E-state index >= 15 is 0 Å². The molecule has 0 bridgehead atoms. The fourth-order valence-electron chi connectivity index (χ4n) is 4.40. The highest BCUT2D eigenvalue weighted by Crippen LogP contribution is 2.32. The number of carbonyl (C=O) groups excluding carboxylic acids is 2. The van der Waals surface area contributed by atoms with Gasteiger partial charge in [0.2, 0.25) is 11.8 Å². The Kier molecular flexibility index (Phi) is 11.6. The number of anilines is 1. The van der Waals surface area contributed by atoms with Crippen LogP contribution >= 0.6 is 39.1 Å². The number of amides is 2. The maximum absolute atomic E-state index is 14.3. The maximum atomic E-state index is 14.3. The van der Waals surface area contributed by atoms with Crippen molar-refractivity contribution in [2.45, 2.75) is 64.1 Å². The lowest BCUT2D eigenvalue weighted by Gasteiger charge is -2.35. The molecule has 3 aromatic rings. The minimum Gasteiger partial charge on any atom is -0.496 e. The Morgan fingerprint density at radius 2 is 1.63 bits per heavy atom. The predicted octanol–water partition coefficient (Wildman–Crippen LogP) is 6.99. The molecule has 3 rings (SSSR count). The van der Waals surface area contributed by atoms with Crippen molar-refractivity contribution in [1.82, 2.24) is 10.2 Å². The third-order valence-corrected chi connectivity index (χ3v) is 9.68. The predicted molar refractivity (Wildman–Crippen MR) is 175 cm³/mol. The van der Waals surface area contributed by atoms with E-state index in [0.717, 1.165) is 9.87 Å². The Bertz CT molecular complexity index is 1560. The molecule has 0 fully saturated rings. The van der Waals surface area contributed by atoms with E-state index in [-0.39, 0.29) is 29.5 Å². The molecule has 1 atom stereocenters.